The summed E-state index contributed by atoms with van der Waals surface area (Å²) in [5, 5.41) is 2.06. The SMILES string of the molecule is CC(C)(C)CS/C=C/c1nc(C(C)(C)C)co1. The predicted octanol–water partition coefficient (Wildman–Crippen LogP) is 4.72. The molecule has 0 radical (unpaired) electrons. The van der Waals surface area contributed by atoms with Crippen LogP contribution in [0.5, 0.6) is 0 Å². The van der Waals surface area contributed by atoms with E-state index in [1.54, 1.807) is 18.0 Å². The van der Waals surface area contributed by atoms with Crippen molar-refractivity contribution in [2.45, 2.75) is 47.0 Å². The van der Waals surface area contributed by atoms with Gasteiger partial charge < -0.3 is 4.42 Å². The van der Waals surface area contributed by atoms with Gasteiger partial charge in [-0.1, -0.05) is 41.5 Å². The van der Waals surface area contributed by atoms with Gasteiger partial charge in [0.2, 0.25) is 5.89 Å². The summed E-state index contributed by atoms with van der Waals surface area (Å²) in [5.41, 5.74) is 1.40. The minimum absolute atomic E-state index is 0.0497. The molecular weight excluding hydrogens is 230 g/mol. The van der Waals surface area contributed by atoms with Crippen LogP contribution in [-0.2, 0) is 5.41 Å². The Balaban J connectivity index is 2.53. The fourth-order valence-corrected chi connectivity index (χ4v) is 1.92. The van der Waals surface area contributed by atoms with Crippen LogP contribution in [0.4, 0.5) is 0 Å². The van der Waals surface area contributed by atoms with Gasteiger partial charge in [-0.15, -0.1) is 11.8 Å². The van der Waals surface area contributed by atoms with Crippen molar-refractivity contribution in [2.24, 2.45) is 5.41 Å². The average Bonchev–Trinajstić information content (AvgIpc) is 2.58. The van der Waals surface area contributed by atoms with Crippen LogP contribution in [0.3, 0.4) is 0 Å². The van der Waals surface area contributed by atoms with E-state index >= 15 is 0 Å². The zero-order valence-electron chi connectivity index (χ0n) is 11.7. The molecule has 0 unspecified atom stereocenters. The van der Waals surface area contributed by atoms with Crippen molar-refractivity contribution in [3.63, 3.8) is 0 Å². The maximum absolute atomic E-state index is 5.41. The third-order valence-electron chi connectivity index (χ3n) is 2.11. The third kappa shape index (κ3) is 5.44. The lowest BCUT2D eigenvalue weighted by Gasteiger charge is -2.15. The molecule has 0 bridgehead atoms. The van der Waals surface area contributed by atoms with Crippen molar-refractivity contribution >= 4 is 17.8 Å². The summed E-state index contributed by atoms with van der Waals surface area (Å²) in [7, 11) is 0. The maximum Gasteiger partial charge on any atom is 0.219 e. The topological polar surface area (TPSA) is 26.0 Å². The zero-order chi connectivity index (χ0) is 13.1. The van der Waals surface area contributed by atoms with Gasteiger partial charge in [-0.3, -0.25) is 0 Å². The van der Waals surface area contributed by atoms with E-state index in [2.05, 4.69) is 51.9 Å². The highest BCUT2D eigenvalue weighted by Gasteiger charge is 2.17. The van der Waals surface area contributed by atoms with Crippen molar-refractivity contribution in [3.8, 4) is 0 Å². The van der Waals surface area contributed by atoms with Crippen LogP contribution < -0.4 is 0 Å². The molecule has 1 rings (SSSR count). The van der Waals surface area contributed by atoms with E-state index < -0.39 is 0 Å². The number of thioether (sulfide) groups is 1. The Morgan fingerprint density at radius 3 is 2.35 bits per heavy atom. The summed E-state index contributed by atoms with van der Waals surface area (Å²) in [4.78, 5) is 4.45. The van der Waals surface area contributed by atoms with Crippen LogP contribution in [-0.4, -0.2) is 10.7 Å². The minimum Gasteiger partial charge on any atom is -0.445 e. The first-order chi connectivity index (χ1) is 7.68. The molecule has 0 saturated carbocycles. The van der Waals surface area contributed by atoms with E-state index in [1.165, 1.54) is 0 Å². The van der Waals surface area contributed by atoms with Gasteiger partial charge in [-0.05, 0) is 10.8 Å². The highest BCUT2D eigenvalue weighted by Crippen LogP contribution is 2.23. The van der Waals surface area contributed by atoms with Crippen LogP contribution in [0.1, 0.15) is 53.1 Å². The molecule has 0 saturated heterocycles. The minimum atomic E-state index is 0.0497. The van der Waals surface area contributed by atoms with Crippen molar-refractivity contribution < 1.29 is 4.42 Å². The predicted molar refractivity (Wildman–Crippen MR) is 76.2 cm³/mol. The van der Waals surface area contributed by atoms with E-state index in [-0.39, 0.29) is 5.41 Å². The third-order valence-corrected chi connectivity index (χ3v) is 3.47. The fourth-order valence-electron chi connectivity index (χ4n) is 1.11. The molecule has 1 aromatic rings. The molecule has 1 heterocycles. The Morgan fingerprint density at radius 1 is 1.24 bits per heavy atom. The lowest BCUT2D eigenvalue weighted by atomic mass is 9.93. The fraction of sp³-hybridized carbons (Fsp3) is 0.643. The summed E-state index contributed by atoms with van der Waals surface area (Å²) in [6.07, 6.45) is 3.68. The van der Waals surface area contributed by atoms with Gasteiger partial charge in [-0.25, -0.2) is 4.98 Å². The monoisotopic (exact) mass is 253 g/mol. The molecule has 3 heteroatoms. The molecule has 0 aromatic carbocycles. The standard InChI is InChI=1S/C14H23NOS/c1-13(2,3)10-17-8-7-12-15-11(9-16-12)14(4,5)6/h7-9H,10H2,1-6H3/b8-7+. The molecule has 0 aliphatic heterocycles. The Bertz CT molecular complexity index is 380. The summed E-state index contributed by atoms with van der Waals surface area (Å²) < 4.78 is 5.41. The normalized spacial score (nSPS) is 13.5. The average molecular weight is 253 g/mol. The second-order valence-corrected chi connectivity index (χ2v) is 7.39. The van der Waals surface area contributed by atoms with Crippen LogP contribution in [0.25, 0.3) is 6.08 Å². The molecule has 0 amide bonds. The summed E-state index contributed by atoms with van der Waals surface area (Å²) in [6.45, 7) is 13.1. The molecule has 2 nitrogen and oxygen atoms in total. The number of oxazole rings is 1. The first-order valence-electron chi connectivity index (χ1n) is 5.93. The van der Waals surface area contributed by atoms with Crippen molar-refractivity contribution in [1.82, 2.24) is 4.98 Å². The second-order valence-electron chi connectivity index (χ2n) is 6.50. The van der Waals surface area contributed by atoms with Gasteiger partial charge in [0.05, 0.1) is 5.69 Å². The van der Waals surface area contributed by atoms with E-state index in [9.17, 15) is 0 Å². The molecule has 0 aliphatic carbocycles. The highest BCUT2D eigenvalue weighted by molar-refractivity contribution is 8.02. The van der Waals surface area contributed by atoms with E-state index in [4.69, 9.17) is 4.42 Å². The van der Waals surface area contributed by atoms with Crippen LogP contribution in [0.15, 0.2) is 16.1 Å². The summed E-state index contributed by atoms with van der Waals surface area (Å²) >= 11 is 1.79. The smallest absolute Gasteiger partial charge is 0.219 e. The Labute approximate surface area is 109 Å². The number of nitrogens with zero attached hydrogens (tertiary/aromatic N) is 1. The van der Waals surface area contributed by atoms with Gasteiger partial charge in [0.25, 0.3) is 0 Å². The molecule has 1 aromatic heterocycles. The molecule has 0 N–H and O–H groups in total. The Kier molecular flexibility index (Phi) is 4.48. The molecule has 96 valence electrons. The van der Waals surface area contributed by atoms with Gasteiger partial charge in [0, 0.05) is 17.2 Å². The molecule has 0 aliphatic rings. The van der Waals surface area contributed by atoms with Crippen LogP contribution in [0, 0.1) is 5.41 Å². The lowest BCUT2D eigenvalue weighted by Crippen LogP contribution is -2.11. The summed E-state index contributed by atoms with van der Waals surface area (Å²) in [5.74, 6) is 1.78. The maximum atomic E-state index is 5.41. The first-order valence-corrected chi connectivity index (χ1v) is 6.97. The van der Waals surface area contributed by atoms with Gasteiger partial charge in [-0.2, -0.15) is 0 Å². The Morgan fingerprint density at radius 2 is 1.88 bits per heavy atom. The van der Waals surface area contributed by atoms with Crippen molar-refractivity contribution in [1.29, 1.82) is 0 Å². The first kappa shape index (κ1) is 14.4. The van der Waals surface area contributed by atoms with E-state index in [0.717, 1.165) is 11.4 Å². The van der Waals surface area contributed by atoms with Gasteiger partial charge >= 0.3 is 0 Å². The number of hydrogen-bond acceptors (Lipinski definition) is 3. The number of aromatic nitrogens is 1. The number of rotatable bonds is 3. The van der Waals surface area contributed by atoms with Crippen molar-refractivity contribution in [2.75, 3.05) is 5.75 Å². The number of hydrogen-bond donors (Lipinski definition) is 0. The van der Waals surface area contributed by atoms with Crippen LogP contribution >= 0.6 is 11.8 Å². The largest absolute Gasteiger partial charge is 0.445 e. The summed E-state index contributed by atoms with van der Waals surface area (Å²) in [6, 6.07) is 0. The van der Waals surface area contributed by atoms with Crippen LogP contribution in [0.2, 0.25) is 0 Å². The lowest BCUT2D eigenvalue weighted by molar-refractivity contribution is 0.481. The molecular formula is C14H23NOS. The highest BCUT2D eigenvalue weighted by atomic mass is 32.2. The van der Waals surface area contributed by atoms with Crippen molar-refractivity contribution in [3.05, 3.63) is 23.3 Å². The Hall–Kier alpha value is -0.700. The molecule has 17 heavy (non-hydrogen) atoms. The zero-order valence-corrected chi connectivity index (χ0v) is 12.5. The molecule has 0 spiro atoms. The van der Waals surface area contributed by atoms with E-state index in [1.807, 2.05) is 6.08 Å². The van der Waals surface area contributed by atoms with Gasteiger partial charge in [0.1, 0.15) is 6.26 Å². The molecule has 0 fully saturated rings. The quantitative estimate of drug-likeness (QED) is 0.779. The molecule has 0 atom stereocenters. The van der Waals surface area contributed by atoms with E-state index in [0.29, 0.717) is 11.3 Å². The van der Waals surface area contributed by atoms with Gasteiger partial charge in [0.15, 0.2) is 0 Å². The second kappa shape index (κ2) is 5.30.